The fourth-order valence-electron chi connectivity index (χ4n) is 1.63. The molecule has 0 bridgehead atoms. The Labute approximate surface area is 99.6 Å². The molecule has 90 valence electrons. The van der Waals surface area contributed by atoms with E-state index in [1.807, 2.05) is 31.2 Å². The Morgan fingerprint density at radius 1 is 1.35 bits per heavy atom. The van der Waals surface area contributed by atoms with Gasteiger partial charge in [0.25, 0.3) is 0 Å². The lowest BCUT2D eigenvalue weighted by atomic mass is 10.2. The van der Waals surface area contributed by atoms with Crippen molar-refractivity contribution in [3.05, 3.63) is 29.8 Å². The molecule has 4 heteroatoms. The maximum atomic E-state index is 11.5. The molecule has 0 aliphatic carbocycles. The fourth-order valence-corrected chi connectivity index (χ4v) is 1.63. The second-order valence-electron chi connectivity index (χ2n) is 4.13. The number of para-hydroxylation sites is 1. The summed E-state index contributed by atoms with van der Waals surface area (Å²) in [4.78, 5) is 11.5. The van der Waals surface area contributed by atoms with E-state index in [-0.39, 0.29) is 6.10 Å². The molecule has 1 N–H and O–H groups in total. The van der Waals surface area contributed by atoms with Crippen LogP contribution in [0.3, 0.4) is 0 Å². The van der Waals surface area contributed by atoms with Crippen molar-refractivity contribution in [3.63, 3.8) is 0 Å². The Morgan fingerprint density at radius 2 is 2.06 bits per heavy atom. The maximum absolute atomic E-state index is 11.5. The van der Waals surface area contributed by atoms with E-state index in [1.165, 1.54) is 0 Å². The predicted molar refractivity (Wildman–Crippen MR) is 66.2 cm³/mol. The molecule has 0 radical (unpaired) electrons. The van der Waals surface area contributed by atoms with Gasteiger partial charge in [0, 0.05) is 10.9 Å². The van der Waals surface area contributed by atoms with E-state index in [4.69, 9.17) is 9.15 Å². The molecule has 2 aromatic rings. The summed E-state index contributed by atoms with van der Waals surface area (Å²) in [5, 5.41) is 3.60. The van der Waals surface area contributed by atoms with E-state index in [2.05, 4.69) is 5.32 Å². The van der Waals surface area contributed by atoms with E-state index >= 15 is 0 Å². The summed E-state index contributed by atoms with van der Waals surface area (Å²) >= 11 is 0. The van der Waals surface area contributed by atoms with Gasteiger partial charge in [0.1, 0.15) is 5.58 Å². The molecule has 1 amide bonds. The lowest BCUT2D eigenvalue weighted by Gasteiger charge is -2.07. The normalized spacial score (nSPS) is 10.8. The van der Waals surface area contributed by atoms with Gasteiger partial charge in [-0.25, -0.2) is 4.79 Å². The highest BCUT2D eigenvalue weighted by molar-refractivity contribution is 5.91. The van der Waals surface area contributed by atoms with Crippen LogP contribution in [0.25, 0.3) is 11.0 Å². The van der Waals surface area contributed by atoms with E-state index < -0.39 is 6.09 Å². The Morgan fingerprint density at radius 3 is 2.71 bits per heavy atom. The van der Waals surface area contributed by atoms with Crippen LogP contribution in [0.1, 0.15) is 19.4 Å². The van der Waals surface area contributed by atoms with E-state index in [1.54, 1.807) is 13.8 Å². The van der Waals surface area contributed by atoms with Gasteiger partial charge in [-0.1, -0.05) is 18.2 Å². The first kappa shape index (κ1) is 11.5. The highest BCUT2D eigenvalue weighted by Gasteiger charge is 2.13. The van der Waals surface area contributed by atoms with Crippen LogP contribution in [0.5, 0.6) is 0 Å². The molecular weight excluding hydrogens is 218 g/mol. The van der Waals surface area contributed by atoms with Crippen molar-refractivity contribution < 1.29 is 13.9 Å². The first-order valence-corrected chi connectivity index (χ1v) is 5.53. The van der Waals surface area contributed by atoms with Crippen LogP contribution < -0.4 is 5.32 Å². The van der Waals surface area contributed by atoms with Gasteiger partial charge in [0.15, 0.2) is 0 Å². The highest BCUT2D eigenvalue weighted by Crippen LogP contribution is 2.28. The molecule has 17 heavy (non-hydrogen) atoms. The summed E-state index contributed by atoms with van der Waals surface area (Å²) < 4.78 is 10.5. The zero-order valence-corrected chi connectivity index (χ0v) is 10.1. The molecule has 4 nitrogen and oxygen atoms in total. The summed E-state index contributed by atoms with van der Waals surface area (Å²) in [6.07, 6.45) is -0.651. The third-order valence-corrected chi connectivity index (χ3v) is 2.40. The largest absolute Gasteiger partial charge is 0.447 e. The van der Waals surface area contributed by atoms with Gasteiger partial charge in [-0.15, -0.1) is 0 Å². The number of furan rings is 1. The average molecular weight is 233 g/mol. The quantitative estimate of drug-likeness (QED) is 0.860. The van der Waals surface area contributed by atoms with E-state index in [9.17, 15) is 4.79 Å². The molecule has 0 spiro atoms. The first-order chi connectivity index (χ1) is 8.08. The number of amides is 1. The lowest BCUT2D eigenvalue weighted by Crippen LogP contribution is -2.18. The van der Waals surface area contributed by atoms with Crippen molar-refractivity contribution in [3.8, 4) is 0 Å². The van der Waals surface area contributed by atoms with Crippen LogP contribution in [0.15, 0.2) is 28.7 Å². The van der Waals surface area contributed by atoms with Gasteiger partial charge in [0.05, 0.1) is 6.10 Å². The van der Waals surface area contributed by atoms with Gasteiger partial charge >= 0.3 is 6.09 Å². The molecule has 1 aromatic carbocycles. The van der Waals surface area contributed by atoms with Crippen molar-refractivity contribution in [2.24, 2.45) is 0 Å². The minimum absolute atomic E-state index is 0.153. The van der Waals surface area contributed by atoms with Crippen molar-refractivity contribution >= 4 is 22.9 Å². The summed E-state index contributed by atoms with van der Waals surface area (Å²) in [5.41, 5.74) is 1.66. The smallest absolute Gasteiger partial charge is 0.414 e. The van der Waals surface area contributed by atoms with Gasteiger partial charge < -0.3 is 9.15 Å². The second-order valence-corrected chi connectivity index (χ2v) is 4.13. The van der Waals surface area contributed by atoms with Crippen LogP contribution in [-0.2, 0) is 4.74 Å². The summed E-state index contributed by atoms with van der Waals surface area (Å²) in [6.45, 7) is 5.49. The van der Waals surface area contributed by atoms with Gasteiger partial charge in [-0.3, -0.25) is 5.32 Å². The lowest BCUT2D eigenvalue weighted by molar-refractivity contribution is 0.129. The molecule has 1 heterocycles. The minimum Gasteiger partial charge on any atom is -0.447 e. The Kier molecular flexibility index (Phi) is 3.04. The number of ether oxygens (including phenoxy) is 1. The van der Waals surface area contributed by atoms with Crippen LogP contribution in [0.4, 0.5) is 10.7 Å². The van der Waals surface area contributed by atoms with Gasteiger partial charge in [0.2, 0.25) is 5.88 Å². The molecule has 0 aliphatic heterocycles. The SMILES string of the molecule is Cc1c(NC(=O)OC(C)C)oc2ccccc12. The molecule has 0 saturated carbocycles. The third kappa shape index (κ3) is 2.41. The highest BCUT2D eigenvalue weighted by atomic mass is 16.6. The number of hydrogen-bond acceptors (Lipinski definition) is 3. The Balaban J connectivity index is 2.24. The van der Waals surface area contributed by atoms with Crippen molar-refractivity contribution in [2.75, 3.05) is 5.32 Å². The van der Waals surface area contributed by atoms with Gasteiger partial charge in [-0.05, 0) is 26.8 Å². The number of anilines is 1. The molecule has 1 aromatic heterocycles. The maximum Gasteiger partial charge on any atom is 0.414 e. The molecule has 0 fully saturated rings. The average Bonchev–Trinajstić information content (AvgIpc) is 2.55. The van der Waals surface area contributed by atoms with Crippen molar-refractivity contribution in [2.45, 2.75) is 26.9 Å². The zero-order valence-electron chi connectivity index (χ0n) is 10.1. The van der Waals surface area contributed by atoms with E-state index in [0.717, 1.165) is 16.5 Å². The molecule has 0 atom stereocenters. The molecule has 0 aliphatic rings. The van der Waals surface area contributed by atoms with Crippen LogP contribution >= 0.6 is 0 Å². The number of rotatable bonds is 2. The minimum atomic E-state index is -0.498. The fraction of sp³-hybridized carbons (Fsp3) is 0.308. The monoisotopic (exact) mass is 233 g/mol. The Hall–Kier alpha value is -1.97. The summed E-state index contributed by atoms with van der Waals surface area (Å²) in [7, 11) is 0. The molecule has 2 rings (SSSR count). The van der Waals surface area contributed by atoms with Crippen molar-refractivity contribution in [1.29, 1.82) is 0 Å². The predicted octanol–water partition coefficient (Wildman–Crippen LogP) is 3.70. The summed E-state index contributed by atoms with van der Waals surface area (Å²) in [5.74, 6) is 0.442. The molecular formula is C13H15NO3. The zero-order chi connectivity index (χ0) is 12.4. The molecule has 0 saturated heterocycles. The van der Waals surface area contributed by atoms with Crippen LogP contribution in [-0.4, -0.2) is 12.2 Å². The number of fused-ring (bicyclic) bond motifs is 1. The standard InChI is InChI=1S/C13H15NO3/c1-8(2)16-13(15)14-12-9(3)10-6-4-5-7-11(10)17-12/h4-8H,1-3H3,(H,14,15). The number of aryl methyl sites for hydroxylation is 1. The van der Waals surface area contributed by atoms with Crippen LogP contribution in [0, 0.1) is 6.92 Å². The molecule has 0 unspecified atom stereocenters. The number of carbonyl (C=O) groups is 1. The number of carbonyl (C=O) groups excluding carboxylic acids is 1. The van der Waals surface area contributed by atoms with Gasteiger partial charge in [-0.2, -0.15) is 0 Å². The van der Waals surface area contributed by atoms with Crippen molar-refractivity contribution in [1.82, 2.24) is 0 Å². The summed E-state index contributed by atoms with van der Waals surface area (Å²) in [6, 6.07) is 7.64. The Bertz CT molecular complexity index is 543. The first-order valence-electron chi connectivity index (χ1n) is 5.53. The number of hydrogen-bond donors (Lipinski definition) is 1. The number of benzene rings is 1. The third-order valence-electron chi connectivity index (χ3n) is 2.40. The topological polar surface area (TPSA) is 51.5 Å². The second kappa shape index (κ2) is 4.49. The van der Waals surface area contributed by atoms with E-state index in [0.29, 0.717) is 5.88 Å². The number of nitrogens with one attached hydrogen (secondary N) is 1. The van der Waals surface area contributed by atoms with Crippen LogP contribution in [0.2, 0.25) is 0 Å².